The van der Waals surface area contributed by atoms with Crippen LogP contribution in [0, 0.1) is 0 Å². The van der Waals surface area contributed by atoms with Crippen molar-refractivity contribution in [1.82, 2.24) is 5.32 Å². The second-order valence-electron chi connectivity index (χ2n) is 3.86. The van der Waals surface area contributed by atoms with Crippen LogP contribution in [0.5, 0.6) is 0 Å². The maximum Gasteiger partial charge on any atom is 0.334 e. The summed E-state index contributed by atoms with van der Waals surface area (Å²) < 4.78 is 4.81. The molecule has 1 aliphatic rings. The van der Waals surface area contributed by atoms with E-state index in [1.807, 2.05) is 24.3 Å². The Bertz CT molecular complexity index is 468. The SMILES string of the molecule is COC(=O)C1=C(c2ccccc2Cl)CNCC1. The first-order valence-electron chi connectivity index (χ1n) is 5.50. The van der Waals surface area contributed by atoms with Gasteiger partial charge in [0.15, 0.2) is 0 Å². The molecule has 0 aromatic heterocycles. The van der Waals surface area contributed by atoms with Gasteiger partial charge >= 0.3 is 5.97 Å². The average Bonchev–Trinajstić information content (AvgIpc) is 2.38. The molecule has 1 heterocycles. The maximum atomic E-state index is 11.7. The number of halogens is 1. The van der Waals surface area contributed by atoms with Crippen molar-refractivity contribution in [2.24, 2.45) is 0 Å². The zero-order chi connectivity index (χ0) is 12.3. The molecule has 0 bridgehead atoms. The molecule has 1 N–H and O–H groups in total. The Morgan fingerprint density at radius 3 is 2.88 bits per heavy atom. The van der Waals surface area contributed by atoms with E-state index in [-0.39, 0.29) is 5.97 Å². The van der Waals surface area contributed by atoms with E-state index in [9.17, 15) is 4.79 Å². The van der Waals surface area contributed by atoms with E-state index in [1.54, 1.807) is 0 Å². The van der Waals surface area contributed by atoms with E-state index in [1.165, 1.54) is 7.11 Å². The molecule has 0 fully saturated rings. The van der Waals surface area contributed by atoms with Crippen LogP contribution < -0.4 is 5.32 Å². The van der Waals surface area contributed by atoms with Crippen molar-refractivity contribution in [3.63, 3.8) is 0 Å². The number of carbonyl (C=O) groups is 1. The average molecular weight is 252 g/mol. The molecule has 0 saturated heterocycles. The number of methoxy groups -OCH3 is 1. The van der Waals surface area contributed by atoms with Crippen LogP contribution in [0.3, 0.4) is 0 Å². The van der Waals surface area contributed by atoms with Crippen molar-refractivity contribution >= 4 is 23.1 Å². The summed E-state index contributed by atoms with van der Waals surface area (Å²) in [4.78, 5) is 11.7. The number of benzene rings is 1. The van der Waals surface area contributed by atoms with Crippen molar-refractivity contribution in [2.45, 2.75) is 6.42 Å². The molecule has 3 nitrogen and oxygen atoms in total. The highest BCUT2D eigenvalue weighted by atomic mass is 35.5. The van der Waals surface area contributed by atoms with E-state index in [0.717, 1.165) is 23.3 Å². The Balaban J connectivity index is 2.49. The molecule has 90 valence electrons. The van der Waals surface area contributed by atoms with Crippen molar-refractivity contribution in [3.05, 3.63) is 40.4 Å². The number of ether oxygens (including phenoxy) is 1. The second kappa shape index (κ2) is 5.34. The standard InChI is InChI=1S/C13H14ClNO2/c1-17-13(16)10-6-7-15-8-11(10)9-4-2-3-5-12(9)14/h2-5,15H,6-8H2,1H3. The summed E-state index contributed by atoms with van der Waals surface area (Å²) in [7, 11) is 1.40. The summed E-state index contributed by atoms with van der Waals surface area (Å²) in [6, 6.07) is 7.54. The van der Waals surface area contributed by atoms with E-state index >= 15 is 0 Å². The summed E-state index contributed by atoms with van der Waals surface area (Å²) in [6.45, 7) is 1.44. The Labute approximate surface area is 105 Å². The molecule has 17 heavy (non-hydrogen) atoms. The van der Waals surface area contributed by atoms with Crippen molar-refractivity contribution in [3.8, 4) is 0 Å². The van der Waals surface area contributed by atoms with Crippen LogP contribution in [0.1, 0.15) is 12.0 Å². The summed E-state index contributed by atoms with van der Waals surface area (Å²) >= 11 is 6.16. The van der Waals surface area contributed by atoms with Crippen LogP contribution in [-0.2, 0) is 9.53 Å². The smallest absolute Gasteiger partial charge is 0.334 e. The second-order valence-corrected chi connectivity index (χ2v) is 4.26. The van der Waals surface area contributed by atoms with Gasteiger partial charge < -0.3 is 10.1 Å². The van der Waals surface area contributed by atoms with Crippen LogP contribution >= 0.6 is 11.6 Å². The minimum atomic E-state index is -0.263. The summed E-state index contributed by atoms with van der Waals surface area (Å²) in [5, 5.41) is 3.91. The summed E-state index contributed by atoms with van der Waals surface area (Å²) in [5.74, 6) is -0.263. The third-order valence-electron chi connectivity index (χ3n) is 2.85. The molecule has 0 radical (unpaired) electrons. The summed E-state index contributed by atoms with van der Waals surface area (Å²) in [6.07, 6.45) is 0.674. The minimum Gasteiger partial charge on any atom is -0.466 e. The fraction of sp³-hybridized carbons (Fsp3) is 0.308. The Kier molecular flexibility index (Phi) is 3.82. The third-order valence-corrected chi connectivity index (χ3v) is 3.18. The monoisotopic (exact) mass is 251 g/mol. The van der Waals surface area contributed by atoms with Gasteiger partial charge in [0, 0.05) is 17.1 Å². The lowest BCUT2D eigenvalue weighted by atomic mass is 9.95. The fourth-order valence-corrected chi connectivity index (χ4v) is 2.25. The fourth-order valence-electron chi connectivity index (χ4n) is 2.00. The van der Waals surface area contributed by atoms with E-state index in [4.69, 9.17) is 16.3 Å². The minimum absolute atomic E-state index is 0.263. The Morgan fingerprint density at radius 1 is 1.41 bits per heavy atom. The van der Waals surface area contributed by atoms with Crippen LogP contribution in [0.25, 0.3) is 5.57 Å². The van der Waals surface area contributed by atoms with Crippen LogP contribution in [0.2, 0.25) is 5.02 Å². The van der Waals surface area contributed by atoms with E-state index < -0.39 is 0 Å². The predicted molar refractivity (Wildman–Crippen MR) is 67.9 cm³/mol. The maximum absolute atomic E-state index is 11.7. The van der Waals surface area contributed by atoms with Crippen LogP contribution in [0.15, 0.2) is 29.8 Å². The zero-order valence-electron chi connectivity index (χ0n) is 9.63. The molecule has 4 heteroatoms. The van der Waals surface area contributed by atoms with Gasteiger partial charge in [0.2, 0.25) is 0 Å². The van der Waals surface area contributed by atoms with Crippen LogP contribution in [-0.4, -0.2) is 26.2 Å². The highest BCUT2D eigenvalue weighted by Crippen LogP contribution is 2.29. The zero-order valence-corrected chi connectivity index (χ0v) is 10.4. The molecule has 0 unspecified atom stereocenters. The highest BCUT2D eigenvalue weighted by molar-refractivity contribution is 6.32. The number of carbonyl (C=O) groups excluding carboxylic acids is 1. The first-order valence-corrected chi connectivity index (χ1v) is 5.88. The van der Waals surface area contributed by atoms with E-state index in [0.29, 0.717) is 18.0 Å². The Hall–Kier alpha value is -1.32. The van der Waals surface area contributed by atoms with Crippen molar-refractivity contribution < 1.29 is 9.53 Å². The quantitative estimate of drug-likeness (QED) is 0.820. The largest absolute Gasteiger partial charge is 0.466 e. The lowest BCUT2D eigenvalue weighted by Gasteiger charge is -2.20. The predicted octanol–water partition coefficient (Wildman–Crippen LogP) is 2.26. The molecule has 0 amide bonds. The van der Waals surface area contributed by atoms with Gasteiger partial charge in [-0.2, -0.15) is 0 Å². The molecule has 0 aliphatic carbocycles. The van der Waals surface area contributed by atoms with Crippen molar-refractivity contribution in [2.75, 3.05) is 20.2 Å². The highest BCUT2D eigenvalue weighted by Gasteiger charge is 2.21. The molecular weight excluding hydrogens is 238 g/mol. The molecule has 1 aromatic rings. The molecule has 0 atom stereocenters. The van der Waals surface area contributed by atoms with Gasteiger partial charge in [-0.1, -0.05) is 29.8 Å². The molecule has 2 rings (SSSR count). The topological polar surface area (TPSA) is 38.3 Å². The molecule has 1 aromatic carbocycles. The number of esters is 1. The third kappa shape index (κ3) is 2.51. The first-order chi connectivity index (χ1) is 8.24. The Morgan fingerprint density at radius 2 is 2.18 bits per heavy atom. The van der Waals surface area contributed by atoms with Gasteiger partial charge in [-0.15, -0.1) is 0 Å². The normalized spacial score (nSPS) is 15.9. The van der Waals surface area contributed by atoms with Gasteiger partial charge in [-0.25, -0.2) is 4.79 Å². The van der Waals surface area contributed by atoms with Gasteiger partial charge in [0.1, 0.15) is 0 Å². The number of rotatable bonds is 2. The lowest BCUT2D eigenvalue weighted by Crippen LogP contribution is -2.27. The van der Waals surface area contributed by atoms with E-state index in [2.05, 4.69) is 5.32 Å². The molecular formula is C13H14ClNO2. The van der Waals surface area contributed by atoms with Gasteiger partial charge in [-0.05, 0) is 30.2 Å². The molecule has 0 saturated carbocycles. The number of hydrogen-bond donors (Lipinski definition) is 1. The first kappa shape index (κ1) is 12.1. The van der Waals surface area contributed by atoms with Gasteiger partial charge in [0.05, 0.1) is 7.11 Å². The van der Waals surface area contributed by atoms with Gasteiger partial charge in [-0.3, -0.25) is 0 Å². The lowest BCUT2D eigenvalue weighted by molar-refractivity contribution is -0.136. The molecule has 0 spiro atoms. The number of nitrogens with one attached hydrogen (secondary N) is 1. The van der Waals surface area contributed by atoms with Gasteiger partial charge in [0.25, 0.3) is 0 Å². The summed E-state index contributed by atoms with van der Waals surface area (Å²) in [5.41, 5.74) is 2.56. The van der Waals surface area contributed by atoms with Crippen molar-refractivity contribution in [1.29, 1.82) is 0 Å². The van der Waals surface area contributed by atoms with Crippen LogP contribution in [0.4, 0.5) is 0 Å². The molecule has 1 aliphatic heterocycles. The number of hydrogen-bond acceptors (Lipinski definition) is 3.